The summed E-state index contributed by atoms with van der Waals surface area (Å²) in [5.74, 6) is 0. The van der Waals surface area contributed by atoms with E-state index < -0.39 is 0 Å². The molecule has 1 aliphatic rings. The third-order valence-corrected chi connectivity index (χ3v) is 1.52. The van der Waals surface area contributed by atoms with Crippen LogP contribution in [0.2, 0.25) is 0 Å². The molecule has 0 saturated carbocycles. The van der Waals surface area contributed by atoms with Crippen LogP contribution < -0.4 is 0 Å². The van der Waals surface area contributed by atoms with E-state index in [2.05, 4.69) is 15.2 Å². The topological polar surface area (TPSA) is 37.6 Å². The highest BCUT2D eigenvalue weighted by atomic mass is 15.1. The molecule has 2 rings (SSSR count). The van der Waals surface area contributed by atoms with Crippen LogP contribution in [0, 0.1) is 6.92 Å². The van der Waals surface area contributed by atoms with Gasteiger partial charge < -0.3 is 0 Å². The molecule has 2 heterocycles. The van der Waals surface area contributed by atoms with Gasteiger partial charge in [-0.3, -0.25) is 4.98 Å². The Morgan fingerprint density at radius 1 is 1.50 bits per heavy atom. The van der Waals surface area contributed by atoms with Crippen molar-refractivity contribution in [1.82, 2.24) is 4.98 Å². The first-order valence-electron chi connectivity index (χ1n) is 3.19. The quantitative estimate of drug-likeness (QED) is 0.533. The minimum Gasteiger partial charge on any atom is -0.261 e. The lowest BCUT2D eigenvalue weighted by Crippen LogP contribution is -1.82. The average molecular weight is 133 g/mol. The van der Waals surface area contributed by atoms with Gasteiger partial charge in [-0.1, -0.05) is 0 Å². The Hall–Kier alpha value is -1.25. The van der Waals surface area contributed by atoms with Crippen molar-refractivity contribution in [3.05, 3.63) is 23.5 Å². The van der Waals surface area contributed by atoms with Gasteiger partial charge >= 0.3 is 0 Å². The van der Waals surface area contributed by atoms with E-state index >= 15 is 0 Å². The summed E-state index contributed by atoms with van der Waals surface area (Å²) in [4.78, 5) is 4.13. The highest BCUT2D eigenvalue weighted by Gasteiger charge is 2.06. The van der Waals surface area contributed by atoms with Gasteiger partial charge in [0, 0.05) is 17.5 Å². The molecular formula is C7H7N3. The van der Waals surface area contributed by atoms with Crippen molar-refractivity contribution in [3.63, 3.8) is 0 Å². The Bertz CT molecular complexity index is 291. The van der Waals surface area contributed by atoms with E-state index in [9.17, 15) is 0 Å². The van der Waals surface area contributed by atoms with Gasteiger partial charge in [-0.2, -0.15) is 10.2 Å². The van der Waals surface area contributed by atoms with E-state index in [1.165, 1.54) is 0 Å². The monoisotopic (exact) mass is 133 g/mol. The first-order chi connectivity index (χ1) is 4.86. The lowest BCUT2D eigenvalue weighted by Gasteiger charge is -1.93. The zero-order chi connectivity index (χ0) is 6.97. The summed E-state index contributed by atoms with van der Waals surface area (Å²) in [7, 11) is 0. The summed E-state index contributed by atoms with van der Waals surface area (Å²) < 4.78 is 0. The van der Waals surface area contributed by atoms with Gasteiger partial charge in [0.05, 0.1) is 12.2 Å². The molecule has 0 amide bonds. The zero-order valence-electron chi connectivity index (χ0n) is 5.70. The Kier molecular flexibility index (Phi) is 1.03. The summed E-state index contributed by atoms with van der Waals surface area (Å²) in [6.45, 7) is 2.65. The van der Waals surface area contributed by atoms with Crippen molar-refractivity contribution in [1.29, 1.82) is 0 Å². The molecule has 3 nitrogen and oxygen atoms in total. The predicted molar refractivity (Wildman–Crippen MR) is 37.2 cm³/mol. The number of hydrogen-bond acceptors (Lipinski definition) is 3. The fraction of sp³-hybridized carbons (Fsp3) is 0.286. The third kappa shape index (κ3) is 0.708. The molecule has 10 heavy (non-hydrogen) atoms. The first kappa shape index (κ1) is 5.53. The van der Waals surface area contributed by atoms with Crippen LogP contribution in [0.3, 0.4) is 0 Å². The maximum atomic E-state index is 4.13. The van der Waals surface area contributed by atoms with Crippen LogP contribution in [-0.2, 0) is 6.54 Å². The van der Waals surface area contributed by atoms with Crippen molar-refractivity contribution in [2.24, 2.45) is 10.2 Å². The van der Waals surface area contributed by atoms with E-state index in [-0.39, 0.29) is 0 Å². The number of aromatic nitrogens is 1. The van der Waals surface area contributed by atoms with Gasteiger partial charge in [0.25, 0.3) is 0 Å². The van der Waals surface area contributed by atoms with Crippen LogP contribution in [0.25, 0.3) is 0 Å². The Morgan fingerprint density at radius 2 is 2.40 bits per heavy atom. The van der Waals surface area contributed by atoms with Gasteiger partial charge in [-0.25, -0.2) is 0 Å². The third-order valence-electron chi connectivity index (χ3n) is 1.52. The van der Waals surface area contributed by atoms with Crippen molar-refractivity contribution >= 4 is 5.69 Å². The number of fused-ring (bicyclic) bond motifs is 1. The Balaban J connectivity index is 2.60. The van der Waals surface area contributed by atoms with Gasteiger partial charge in [-0.15, -0.1) is 0 Å². The maximum absolute atomic E-state index is 4.13. The Labute approximate surface area is 58.8 Å². The standard InChI is InChI=1S/C7H7N3/c1-5-2-7-6(3-8-5)4-9-10-7/h2-3H,4H2,1H3. The van der Waals surface area contributed by atoms with Crippen molar-refractivity contribution in [2.75, 3.05) is 0 Å². The molecule has 0 N–H and O–H groups in total. The smallest absolute Gasteiger partial charge is 0.0937 e. The molecule has 0 bridgehead atoms. The number of hydrogen-bond donors (Lipinski definition) is 0. The van der Waals surface area contributed by atoms with Crippen LogP contribution >= 0.6 is 0 Å². The number of rotatable bonds is 0. The summed E-state index contributed by atoms with van der Waals surface area (Å²) in [6, 6.07) is 1.95. The minimum atomic E-state index is 0.697. The fourth-order valence-corrected chi connectivity index (χ4v) is 0.976. The lowest BCUT2D eigenvalue weighted by molar-refractivity contribution is 1.03. The molecular weight excluding hydrogens is 126 g/mol. The second-order valence-corrected chi connectivity index (χ2v) is 2.35. The summed E-state index contributed by atoms with van der Waals surface area (Å²) in [5, 5.41) is 7.82. The van der Waals surface area contributed by atoms with E-state index in [0.29, 0.717) is 6.54 Å². The van der Waals surface area contributed by atoms with E-state index in [1.807, 2.05) is 19.2 Å². The van der Waals surface area contributed by atoms with Gasteiger partial charge in [0.1, 0.15) is 0 Å². The predicted octanol–water partition coefficient (Wildman–Crippen LogP) is 1.99. The molecule has 0 fully saturated rings. The van der Waals surface area contributed by atoms with Crippen LogP contribution in [0.1, 0.15) is 11.3 Å². The highest BCUT2D eigenvalue weighted by molar-refractivity contribution is 5.46. The van der Waals surface area contributed by atoms with Gasteiger partial charge in [-0.05, 0) is 13.0 Å². The van der Waals surface area contributed by atoms with Crippen LogP contribution in [0.5, 0.6) is 0 Å². The van der Waals surface area contributed by atoms with Crippen molar-refractivity contribution in [2.45, 2.75) is 13.5 Å². The second-order valence-electron chi connectivity index (χ2n) is 2.35. The molecule has 0 radical (unpaired) electrons. The van der Waals surface area contributed by atoms with Crippen LogP contribution in [-0.4, -0.2) is 4.98 Å². The molecule has 0 spiro atoms. The van der Waals surface area contributed by atoms with Crippen molar-refractivity contribution < 1.29 is 0 Å². The maximum Gasteiger partial charge on any atom is 0.0937 e. The highest BCUT2D eigenvalue weighted by Crippen LogP contribution is 2.25. The fourth-order valence-electron chi connectivity index (χ4n) is 0.976. The molecule has 0 saturated heterocycles. The lowest BCUT2D eigenvalue weighted by atomic mass is 10.2. The zero-order valence-corrected chi connectivity index (χ0v) is 5.70. The normalized spacial score (nSPS) is 13.7. The summed E-state index contributed by atoms with van der Waals surface area (Å²) in [6.07, 6.45) is 1.84. The molecule has 0 aliphatic carbocycles. The summed E-state index contributed by atoms with van der Waals surface area (Å²) in [5.41, 5.74) is 3.11. The average Bonchev–Trinajstić information content (AvgIpc) is 2.33. The van der Waals surface area contributed by atoms with E-state index in [1.54, 1.807) is 0 Å². The molecule has 0 aromatic carbocycles. The largest absolute Gasteiger partial charge is 0.261 e. The molecule has 3 heteroatoms. The number of azo groups is 1. The summed E-state index contributed by atoms with van der Waals surface area (Å²) >= 11 is 0. The second kappa shape index (κ2) is 1.87. The molecule has 0 unspecified atom stereocenters. The van der Waals surface area contributed by atoms with Crippen LogP contribution in [0.4, 0.5) is 5.69 Å². The number of nitrogens with zero attached hydrogens (tertiary/aromatic N) is 3. The van der Waals surface area contributed by atoms with Crippen molar-refractivity contribution in [3.8, 4) is 0 Å². The Morgan fingerprint density at radius 3 is 3.30 bits per heavy atom. The molecule has 1 aromatic heterocycles. The minimum absolute atomic E-state index is 0.697. The van der Waals surface area contributed by atoms with E-state index in [0.717, 1.165) is 16.9 Å². The molecule has 50 valence electrons. The number of pyridine rings is 1. The van der Waals surface area contributed by atoms with E-state index in [4.69, 9.17) is 0 Å². The molecule has 1 aromatic rings. The number of aryl methyl sites for hydroxylation is 1. The SMILES string of the molecule is Cc1cc2c(cn1)CN=N2. The first-order valence-corrected chi connectivity index (χ1v) is 3.19. The van der Waals surface area contributed by atoms with Gasteiger partial charge in [0.2, 0.25) is 0 Å². The van der Waals surface area contributed by atoms with Crippen LogP contribution in [0.15, 0.2) is 22.5 Å². The molecule has 1 aliphatic heterocycles. The van der Waals surface area contributed by atoms with Gasteiger partial charge in [0.15, 0.2) is 0 Å². The molecule has 0 atom stereocenters.